The fourth-order valence-electron chi connectivity index (χ4n) is 3.18. The molecule has 1 aromatic carbocycles. The highest BCUT2D eigenvalue weighted by Gasteiger charge is 2.28. The number of amides is 1. The molecule has 5 heteroatoms. The van der Waals surface area contributed by atoms with Crippen LogP contribution in [0.3, 0.4) is 0 Å². The van der Waals surface area contributed by atoms with E-state index in [1.165, 1.54) is 19.3 Å². The summed E-state index contributed by atoms with van der Waals surface area (Å²) in [6, 6.07) is 8.33. The average molecular weight is 303 g/mol. The van der Waals surface area contributed by atoms with Crippen molar-refractivity contribution in [3.8, 4) is 5.75 Å². The predicted octanol–water partition coefficient (Wildman–Crippen LogP) is 1.80. The fraction of sp³-hybridized carbons (Fsp3) is 0.588. The molecule has 0 unspecified atom stereocenters. The van der Waals surface area contributed by atoms with Gasteiger partial charge < -0.3 is 10.1 Å². The first kappa shape index (κ1) is 15.3. The van der Waals surface area contributed by atoms with Crippen molar-refractivity contribution in [2.75, 3.05) is 45.2 Å². The monoisotopic (exact) mass is 303 g/mol. The number of rotatable bonds is 5. The Morgan fingerprint density at radius 1 is 1.23 bits per heavy atom. The number of ether oxygens (including phenoxy) is 1. The van der Waals surface area contributed by atoms with Gasteiger partial charge in [0, 0.05) is 32.2 Å². The second-order valence-electron chi connectivity index (χ2n) is 6.15. The molecule has 2 aliphatic rings. The van der Waals surface area contributed by atoms with Crippen LogP contribution in [0.2, 0.25) is 0 Å². The number of methoxy groups -OCH3 is 1. The molecule has 0 radical (unpaired) electrons. The molecule has 1 heterocycles. The Labute approximate surface area is 132 Å². The molecule has 2 fully saturated rings. The highest BCUT2D eigenvalue weighted by molar-refractivity contribution is 5.93. The maximum Gasteiger partial charge on any atom is 0.238 e. The average Bonchev–Trinajstić information content (AvgIpc) is 2.48. The Morgan fingerprint density at radius 2 is 1.95 bits per heavy atom. The van der Waals surface area contributed by atoms with Crippen LogP contribution in [0.1, 0.15) is 19.3 Å². The number of anilines is 1. The van der Waals surface area contributed by atoms with Gasteiger partial charge in [0.2, 0.25) is 5.91 Å². The Balaban J connectivity index is 1.46. The molecule has 0 spiro atoms. The molecule has 0 atom stereocenters. The summed E-state index contributed by atoms with van der Waals surface area (Å²) in [5.74, 6) is 0.729. The molecule has 120 valence electrons. The fourth-order valence-corrected chi connectivity index (χ4v) is 3.18. The number of carbonyl (C=O) groups is 1. The van der Waals surface area contributed by atoms with Crippen molar-refractivity contribution in [3.05, 3.63) is 24.3 Å². The SMILES string of the molecule is COc1ccccc1NC(=O)CN1CCN(C2CCC2)CC1. The van der Waals surface area contributed by atoms with Gasteiger partial charge in [-0.05, 0) is 25.0 Å². The van der Waals surface area contributed by atoms with E-state index in [9.17, 15) is 4.79 Å². The van der Waals surface area contributed by atoms with Crippen LogP contribution in [-0.4, -0.2) is 61.6 Å². The van der Waals surface area contributed by atoms with Gasteiger partial charge in [-0.2, -0.15) is 0 Å². The molecule has 5 nitrogen and oxygen atoms in total. The van der Waals surface area contributed by atoms with E-state index >= 15 is 0 Å². The van der Waals surface area contributed by atoms with Gasteiger partial charge in [-0.1, -0.05) is 18.6 Å². The van der Waals surface area contributed by atoms with Crippen LogP contribution in [0, 0.1) is 0 Å². The standard InChI is InChI=1S/C17H25N3O2/c1-22-16-8-3-2-7-15(16)18-17(21)13-19-9-11-20(12-10-19)14-5-4-6-14/h2-3,7-8,14H,4-6,9-13H2,1H3,(H,18,21). The van der Waals surface area contributed by atoms with E-state index in [0.29, 0.717) is 12.3 Å². The molecule has 1 aromatic rings. The Morgan fingerprint density at radius 3 is 2.59 bits per heavy atom. The predicted molar refractivity (Wildman–Crippen MR) is 87.3 cm³/mol. The molecular formula is C17H25N3O2. The van der Waals surface area contributed by atoms with Gasteiger partial charge in [0.05, 0.1) is 19.3 Å². The first-order valence-corrected chi connectivity index (χ1v) is 8.15. The van der Waals surface area contributed by atoms with Crippen LogP contribution in [-0.2, 0) is 4.79 Å². The lowest BCUT2D eigenvalue weighted by Gasteiger charge is -2.42. The van der Waals surface area contributed by atoms with Gasteiger partial charge in [0.1, 0.15) is 5.75 Å². The smallest absolute Gasteiger partial charge is 0.238 e. The van der Waals surface area contributed by atoms with E-state index in [4.69, 9.17) is 4.74 Å². The maximum atomic E-state index is 12.2. The molecular weight excluding hydrogens is 278 g/mol. The van der Waals surface area contributed by atoms with Crippen LogP contribution in [0.4, 0.5) is 5.69 Å². The molecule has 1 aliphatic heterocycles. The Hall–Kier alpha value is -1.59. The molecule has 1 N–H and O–H groups in total. The van der Waals surface area contributed by atoms with Crippen LogP contribution in [0.15, 0.2) is 24.3 Å². The van der Waals surface area contributed by atoms with Crippen molar-refractivity contribution in [2.45, 2.75) is 25.3 Å². The maximum absolute atomic E-state index is 12.2. The molecule has 0 aromatic heterocycles. The summed E-state index contributed by atoms with van der Waals surface area (Å²) in [6.07, 6.45) is 4.09. The summed E-state index contributed by atoms with van der Waals surface area (Å²) in [5.41, 5.74) is 0.739. The quantitative estimate of drug-likeness (QED) is 0.901. The molecule has 1 saturated heterocycles. The minimum atomic E-state index is 0.0293. The van der Waals surface area contributed by atoms with E-state index in [1.807, 2.05) is 24.3 Å². The number of piperazine rings is 1. The first-order chi connectivity index (χ1) is 10.8. The minimum absolute atomic E-state index is 0.0293. The lowest BCUT2D eigenvalue weighted by molar-refractivity contribution is -0.117. The lowest BCUT2D eigenvalue weighted by atomic mass is 9.91. The highest BCUT2D eigenvalue weighted by Crippen LogP contribution is 2.25. The van der Waals surface area contributed by atoms with E-state index in [0.717, 1.165) is 37.9 Å². The van der Waals surface area contributed by atoms with E-state index in [1.54, 1.807) is 7.11 Å². The van der Waals surface area contributed by atoms with E-state index in [2.05, 4.69) is 15.1 Å². The van der Waals surface area contributed by atoms with Crippen LogP contribution in [0.25, 0.3) is 0 Å². The van der Waals surface area contributed by atoms with Crippen LogP contribution in [0.5, 0.6) is 5.75 Å². The Kier molecular flexibility index (Phi) is 4.95. The summed E-state index contributed by atoms with van der Waals surface area (Å²) >= 11 is 0. The topological polar surface area (TPSA) is 44.8 Å². The third kappa shape index (κ3) is 3.59. The number of para-hydroxylation sites is 2. The van der Waals surface area contributed by atoms with E-state index in [-0.39, 0.29) is 5.91 Å². The van der Waals surface area contributed by atoms with Crippen molar-refractivity contribution >= 4 is 11.6 Å². The molecule has 1 amide bonds. The third-order valence-corrected chi connectivity index (χ3v) is 4.75. The lowest BCUT2D eigenvalue weighted by Crippen LogP contribution is -2.53. The molecule has 1 aliphatic carbocycles. The summed E-state index contributed by atoms with van der Waals surface area (Å²) in [4.78, 5) is 17.0. The molecule has 3 rings (SSSR count). The van der Waals surface area contributed by atoms with Gasteiger partial charge in [0.15, 0.2) is 0 Å². The zero-order valence-electron chi connectivity index (χ0n) is 13.3. The summed E-state index contributed by atoms with van der Waals surface area (Å²) in [5, 5.41) is 2.95. The van der Waals surface area contributed by atoms with Crippen molar-refractivity contribution in [1.82, 2.24) is 9.80 Å². The van der Waals surface area contributed by atoms with Gasteiger partial charge >= 0.3 is 0 Å². The van der Waals surface area contributed by atoms with Crippen molar-refractivity contribution in [3.63, 3.8) is 0 Å². The van der Waals surface area contributed by atoms with Crippen LogP contribution < -0.4 is 10.1 Å². The number of hydrogen-bond acceptors (Lipinski definition) is 4. The second kappa shape index (κ2) is 7.11. The Bertz CT molecular complexity index is 508. The van der Waals surface area contributed by atoms with Crippen molar-refractivity contribution in [2.24, 2.45) is 0 Å². The zero-order valence-corrected chi connectivity index (χ0v) is 13.3. The molecule has 1 saturated carbocycles. The first-order valence-electron chi connectivity index (χ1n) is 8.15. The van der Waals surface area contributed by atoms with Gasteiger partial charge in [-0.25, -0.2) is 0 Å². The van der Waals surface area contributed by atoms with Crippen molar-refractivity contribution < 1.29 is 9.53 Å². The van der Waals surface area contributed by atoms with Gasteiger partial charge in [-0.3, -0.25) is 14.6 Å². The molecule has 0 bridgehead atoms. The normalized spacial score (nSPS) is 20.4. The largest absolute Gasteiger partial charge is 0.495 e. The number of hydrogen-bond donors (Lipinski definition) is 1. The van der Waals surface area contributed by atoms with E-state index < -0.39 is 0 Å². The number of nitrogens with zero attached hydrogens (tertiary/aromatic N) is 2. The van der Waals surface area contributed by atoms with Gasteiger partial charge in [0.25, 0.3) is 0 Å². The third-order valence-electron chi connectivity index (χ3n) is 4.75. The van der Waals surface area contributed by atoms with Crippen LogP contribution >= 0.6 is 0 Å². The van der Waals surface area contributed by atoms with Gasteiger partial charge in [-0.15, -0.1) is 0 Å². The second-order valence-corrected chi connectivity index (χ2v) is 6.15. The molecule has 22 heavy (non-hydrogen) atoms. The summed E-state index contributed by atoms with van der Waals surface area (Å²) in [7, 11) is 1.62. The van der Waals surface area contributed by atoms with Crippen molar-refractivity contribution in [1.29, 1.82) is 0 Å². The number of benzene rings is 1. The summed E-state index contributed by atoms with van der Waals surface area (Å²) in [6.45, 7) is 4.60. The summed E-state index contributed by atoms with van der Waals surface area (Å²) < 4.78 is 5.26. The number of carbonyl (C=O) groups excluding carboxylic acids is 1. The minimum Gasteiger partial charge on any atom is -0.495 e. The zero-order chi connectivity index (χ0) is 15.4. The number of nitrogens with one attached hydrogen (secondary N) is 1. The highest BCUT2D eigenvalue weighted by atomic mass is 16.5.